The molecule has 0 radical (unpaired) electrons. The lowest BCUT2D eigenvalue weighted by atomic mass is 9.91. The second-order valence-corrected chi connectivity index (χ2v) is 6.40. The molecule has 0 atom stereocenters. The molecule has 2 aliphatic rings. The van der Waals surface area contributed by atoms with E-state index in [1.165, 1.54) is 24.3 Å². The van der Waals surface area contributed by atoms with Gasteiger partial charge in [0, 0.05) is 13.6 Å². The predicted octanol–water partition coefficient (Wildman–Crippen LogP) is 1.82. The minimum atomic E-state index is -0.349. The number of rotatable bonds is 3. The van der Waals surface area contributed by atoms with Crippen LogP contribution in [-0.2, 0) is 9.59 Å². The number of amides is 2. The Hall–Kier alpha value is -2.11. The van der Waals surface area contributed by atoms with Crippen LogP contribution in [0, 0.1) is 5.82 Å². The van der Waals surface area contributed by atoms with E-state index >= 15 is 0 Å². The molecule has 6 heteroatoms. The molecule has 1 aromatic carbocycles. The van der Waals surface area contributed by atoms with Gasteiger partial charge in [-0.05, 0) is 37.1 Å². The largest absolute Gasteiger partial charge is 0.484 e. The molecule has 124 valence electrons. The van der Waals surface area contributed by atoms with Gasteiger partial charge in [-0.25, -0.2) is 4.39 Å². The maximum atomic E-state index is 12.9. The summed E-state index contributed by atoms with van der Waals surface area (Å²) < 4.78 is 18.3. The Bertz CT molecular complexity index is 596. The molecule has 2 fully saturated rings. The third kappa shape index (κ3) is 3.16. The number of halogens is 1. The fourth-order valence-corrected chi connectivity index (χ4v) is 3.61. The first kappa shape index (κ1) is 15.8. The highest BCUT2D eigenvalue weighted by molar-refractivity contribution is 5.87. The highest BCUT2D eigenvalue weighted by Crippen LogP contribution is 2.38. The van der Waals surface area contributed by atoms with Crippen molar-refractivity contribution in [2.45, 2.75) is 31.2 Å². The number of carbonyl (C=O) groups excluding carboxylic acids is 2. The van der Waals surface area contributed by atoms with Crippen LogP contribution in [0.15, 0.2) is 24.3 Å². The summed E-state index contributed by atoms with van der Waals surface area (Å²) in [5.74, 6) is -0.130. The minimum Gasteiger partial charge on any atom is -0.484 e. The molecule has 2 amide bonds. The van der Waals surface area contributed by atoms with Gasteiger partial charge in [-0.1, -0.05) is 12.8 Å². The van der Waals surface area contributed by atoms with Crippen molar-refractivity contribution in [2.24, 2.45) is 0 Å². The Kier molecular flexibility index (Phi) is 4.24. The van der Waals surface area contributed by atoms with Crippen LogP contribution in [-0.4, -0.2) is 53.9 Å². The summed E-state index contributed by atoms with van der Waals surface area (Å²) >= 11 is 0. The van der Waals surface area contributed by atoms with Gasteiger partial charge >= 0.3 is 0 Å². The molecule has 1 heterocycles. The van der Waals surface area contributed by atoms with Crippen LogP contribution < -0.4 is 4.74 Å². The van der Waals surface area contributed by atoms with E-state index in [-0.39, 0.29) is 36.3 Å². The lowest BCUT2D eigenvalue weighted by Crippen LogP contribution is -2.64. The summed E-state index contributed by atoms with van der Waals surface area (Å²) in [6.45, 7) is 0.570. The van der Waals surface area contributed by atoms with Crippen LogP contribution in [0.5, 0.6) is 5.75 Å². The summed E-state index contributed by atoms with van der Waals surface area (Å²) in [5, 5.41) is 0. The fourth-order valence-electron chi connectivity index (χ4n) is 3.61. The molecular formula is C17H21FN2O3. The first-order valence-corrected chi connectivity index (χ1v) is 7.93. The highest BCUT2D eigenvalue weighted by Gasteiger charge is 2.47. The van der Waals surface area contributed by atoms with Gasteiger partial charge in [0.2, 0.25) is 5.91 Å². The lowest BCUT2D eigenvalue weighted by Gasteiger charge is -2.47. The molecule has 0 N–H and O–H groups in total. The molecule has 0 unspecified atom stereocenters. The number of benzene rings is 1. The monoisotopic (exact) mass is 320 g/mol. The summed E-state index contributed by atoms with van der Waals surface area (Å²) in [7, 11) is 1.79. The standard InChI is InChI=1S/C17H21FN2O3/c1-19-12-17(8-2-3-9-17)20(10-15(19)21)16(22)11-23-14-6-4-13(18)5-7-14/h4-7H,2-3,8-12H2,1H3. The fraction of sp³-hybridized carbons (Fsp3) is 0.529. The van der Waals surface area contributed by atoms with Crippen LogP contribution in [0.1, 0.15) is 25.7 Å². The Morgan fingerprint density at radius 1 is 1.26 bits per heavy atom. The Balaban J connectivity index is 1.69. The van der Waals surface area contributed by atoms with Crippen molar-refractivity contribution in [1.29, 1.82) is 0 Å². The van der Waals surface area contributed by atoms with Crippen molar-refractivity contribution in [3.8, 4) is 5.75 Å². The second kappa shape index (κ2) is 6.18. The molecule has 0 aromatic heterocycles. The summed E-state index contributed by atoms with van der Waals surface area (Å²) in [6, 6.07) is 5.56. The molecular weight excluding hydrogens is 299 g/mol. The van der Waals surface area contributed by atoms with Gasteiger partial charge in [-0.15, -0.1) is 0 Å². The molecule has 5 nitrogen and oxygen atoms in total. The Morgan fingerprint density at radius 3 is 2.57 bits per heavy atom. The SMILES string of the molecule is CN1CC2(CCCC2)N(C(=O)COc2ccc(F)cc2)CC1=O. The zero-order valence-electron chi connectivity index (χ0n) is 13.3. The first-order valence-electron chi connectivity index (χ1n) is 7.93. The van der Waals surface area contributed by atoms with Crippen LogP contribution in [0.4, 0.5) is 4.39 Å². The maximum absolute atomic E-state index is 12.9. The number of ether oxygens (including phenoxy) is 1. The van der Waals surface area contributed by atoms with Crippen LogP contribution in [0.2, 0.25) is 0 Å². The quantitative estimate of drug-likeness (QED) is 0.853. The topological polar surface area (TPSA) is 49.9 Å². The minimum absolute atomic E-state index is 0.0438. The van der Waals surface area contributed by atoms with E-state index in [0.717, 1.165) is 25.7 Å². The highest BCUT2D eigenvalue weighted by atomic mass is 19.1. The molecule has 1 aromatic rings. The van der Waals surface area contributed by atoms with Gasteiger partial charge in [-0.2, -0.15) is 0 Å². The molecule has 23 heavy (non-hydrogen) atoms. The van der Waals surface area contributed by atoms with Gasteiger partial charge in [0.05, 0.1) is 5.54 Å². The van der Waals surface area contributed by atoms with Crippen molar-refractivity contribution in [1.82, 2.24) is 9.80 Å². The van der Waals surface area contributed by atoms with Crippen molar-refractivity contribution in [2.75, 3.05) is 26.7 Å². The van der Waals surface area contributed by atoms with E-state index in [9.17, 15) is 14.0 Å². The lowest BCUT2D eigenvalue weighted by molar-refractivity contribution is -0.155. The van der Waals surface area contributed by atoms with E-state index in [2.05, 4.69) is 0 Å². The number of hydrogen-bond acceptors (Lipinski definition) is 3. The molecule has 1 spiro atoms. The number of hydrogen-bond donors (Lipinski definition) is 0. The van der Waals surface area contributed by atoms with Gasteiger partial charge in [0.25, 0.3) is 5.91 Å². The number of nitrogens with zero attached hydrogens (tertiary/aromatic N) is 2. The second-order valence-electron chi connectivity index (χ2n) is 6.40. The Labute approximate surface area is 135 Å². The van der Waals surface area contributed by atoms with Crippen molar-refractivity contribution >= 4 is 11.8 Å². The van der Waals surface area contributed by atoms with E-state index < -0.39 is 0 Å². The van der Waals surface area contributed by atoms with E-state index in [0.29, 0.717) is 12.3 Å². The molecule has 3 rings (SSSR count). The summed E-state index contributed by atoms with van der Waals surface area (Å²) in [6.07, 6.45) is 4.00. The third-order valence-corrected chi connectivity index (χ3v) is 4.83. The zero-order valence-corrected chi connectivity index (χ0v) is 13.3. The zero-order chi connectivity index (χ0) is 16.4. The van der Waals surface area contributed by atoms with Crippen molar-refractivity contribution in [3.05, 3.63) is 30.1 Å². The molecule has 1 aliphatic heterocycles. The smallest absolute Gasteiger partial charge is 0.261 e. The van der Waals surface area contributed by atoms with E-state index in [1.807, 2.05) is 0 Å². The van der Waals surface area contributed by atoms with Gasteiger partial charge in [-0.3, -0.25) is 9.59 Å². The number of piperazine rings is 1. The average Bonchev–Trinajstić information content (AvgIpc) is 2.99. The molecule has 0 bridgehead atoms. The van der Waals surface area contributed by atoms with E-state index in [4.69, 9.17) is 4.74 Å². The third-order valence-electron chi connectivity index (χ3n) is 4.83. The predicted molar refractivity (Wildman–Crippen MR) is 82.4 cm³/mol. The maximum Gasteiger partial charge on any atom is 0.261 e. The summed E-state index contributed by atoms with van der Waals surface area (Å²) in [5.41, 5.74) is -0.244. The summed E-state index contributed by atoms with van der Waals surface area (Å²) in [4.78, 5) is 28.0. The molecule has 1 saturated carbocycles. The van der Waals surface area contributed by atoms with Gasteiger partial charge in [0.1, 0.15) is 18.1 Å². The number of carbonyl (C=O) groups is 2. The average molecular weight is 320 g/mol. The Morgan fingerprint density at radius 2 is 1.91 bits per heavy atom. The van der Waals surface area contributed by atoms with Crippen LogP contribution in [0.3, 0.4) is 0 Å². The van der Waals surface area contributed by atoms with Crippen LogP contribution in [0.25, 0.3) is 0 Å². The number of likely N-dealkylation sites (N-methyl/N-ethyl adjacent to an activating group) is 1. The van der Waals surface area contributed by atoms with Crippen molar-refractivity contribution in [3.63, 3.8) is 0 Å². The normalized spacial score (nSPS) is 20.2. The van der Waals surface area contributed by atoms with Crippen molar-refractivity contribution < 1.29 is 18.7 Å². The molecule has 1 saturated heterocycles. The van der Waals surface area contributed by atoms with Gasteiger partial charge < -0.3 is 14.5 Å². The van der Waals surface area contributed by atoms with E-state index in [1.54, 1.807) is 16.8 Å². The first-order chi connectivity index (χ1) is 11.0. The van der Waals surface area contributed by atoms with Gasteiger partial charge in [0.15, 0.2) is 6.61 Å². The molecule has 1 aliphatic carbocycles. The van der Waals surface area contributed by atoms with Crippen LogP contribution >= 0.6 is 0 Å².